The molecule has 1 fully saturated rings. The van der Waals surface area contributed by atoms with Gasteiger partial charge in [-0.2, -0.15) is 0 Å². The minimum Gasteiger partial charge on any atom is -0.314 e. The van der Waals surface area contributed by atoms with Gasteiger partial charge in [0.05, 0.1) is 5.75 Å². The smallest absolute Gasteiger partial charge is 0.215 e. The fourth-order valence-electron chi connectivity index (χ4n) is 2.18. The van der Waals surface area contributed by atoms with Gasteiger partial charge in [-0.05, 0) is 11.6 Å². The van der Waals surface area contributed by atoms with Crippen molar-refractivity contribution in [3.63, 3.8) is 0 Å². The maximum Gasteiger partial charge on any atom is 0.215 e. The molecule has 0 amide bonds. The van der Waals surface area contributed by atoms with Crippen LogP contribution in [0, 0.1) is 0 Å². The fraction of sp³-hybridized carbons (Fsp3) is 0.615. The minimum atomic E-state index is -3.21. The van der Waals surface area contributed by atoms with Crippen LogP contribution in [0.3, 0.4) is 0 Å². The maximum absolute atomic E-state index is 12.2. The van der Waals surface area contributed by atoms with E-state index in [0.29, 0.717) is 13.1 Å². The van der Waals surface area contributed by atoms with E-state index in [1.807, 2.05) is 12.1 Å². The fourth-order valence-corrected chi connectivity index (χ4v) is 3.33. The Morgan fingerprint density at radius 1 is 1.40 bits per heavy atom. The lowest BCUT2D eigenvalue weighted by atomic mass is 10.3. The number of piperazine rings is 1. The molecular formula is C13H22N4O2S. The number of nitrogens with one attached hydrogen (secondary N) is 1. The van der Waals surface area contributed by atoms with Crippen molar-refractivity contribution in [1.82, 2.24) is 19.5 Å². The van der Waals surface area contributed by atoms with Crippen molar-refractivity contribution in [2.45, 2.75) is 6.54 Å². The lowest BCUT2D eigenvalue weighted by Crippen LogP contribution is -2.46. The maximum atomic E-state index is 12.2. The van der Waals surface area contributed by atoms with Crippen molar-refractivity contribution in [1.29, 1.82) is 0 Å². The van der Waals surface area contributed by atoms with E-state index >= 15 is 0 Å². The summed E-state index contributed by atoms with van der Waals surface area (Å²) in [7, 11) is -1.59. The van der Waals surface area contributed by atoms with Crippen LogP contribution in [0.5, 0.6) is 0 Å². The van der Waals surface area contributed by atoms with Crippen LogP contribution in [0.2, 0.25) is 0 Å². The van der Waals surface area contributed by atoms with Gasteiger partial charge in [0.2, 0.25) is 10.0 Å². The highest BCUT2D eigenvalue weighted by molar-refractivity contribution is 7.89. The van der Waals surface area contributed by atoms with Gasteiger partial charge in [-0.15, -0.1) is 0 Å². The van der Waals surface area contributed by atoms with E-state index in [9.17, 15) is 8.42 Å². The number of nitrogens with zero attached hydrogens (tertiary/aromatic N) is 3. The molecule has 1 aromatic heterocycles. The third-order valence-electron chi connectivity index (χ3n) is 3.48. The Hall–Kier alpha value is -1.02. The second-order valence-electron chi connectivity index (χ2n) is 5.02. The molecule has 1 N–H and O–H groups in total. The van der Waals surface area contributed by atoms with Gasteiger partial charge >= 0.3 is 0 Å². The molecule has 0 radical (unpaired) electrons. The average Bonchev–Trinajstić information content (AvgIpc) is 2.47. The first-order valence-corrected chi connectivity index (χ1v) is 8.45. The average molecular weight is 298 g/mol. The van der Waals surface area contributed by atoms with Gasteiger partial charge in [0.1, 0.15) is 0 Å². The Morgan fingerprint density at radius 2 is 2.15 bits per heavy atom. The van der Waals surface area contributed by atoms with Crippen LogP contribution >= 0.6 is 0 Å². The van der Waals surface area contributed by atoms with Gasteiger partial charge in [0.15, 0.2) is 0 Å². The third kappa shape index (κ3) is 4.52. The number of sulfonamides is 1. The summed E-state index contributed by atoms with van der Waals surface area (Å²) < 4.78 is 25.9. The molecule has 1 aliphatic heterocycles. The first-order valence-electron chi connectivity index (χ1n) is 6.84. The monoisotopic (exact) mass is 298 g/mol. The molecular weight excluding hydrogens is 276 g/mol. The number of hydrogen-bond donors (Lipinski definition) is 1. The molecule has 0 saturated carbocycles. The zero-order valence-electron chi connectivity index (χ0n) is 11.8. The van der Waals surface area contributed by atoms with Gasteiger partial charge in [-0.1, -0.05) is 6.07 Å². The van der Waals surface area contributed by atoms with Crippen LogP contribution in [0.1, 0.15) is 5.56 Å². The Balaban J connectivity index is 1.85. The summed E-state index contributed by atoms with van der Waals surface area (Å²) in [6.45, 7) is 4.68. The summed E-state index contributed by atoms with van der Waals surface area (Å²) in [5.41, 5.74) is 0.903. The van der Waals surface area contributed by atoms with E-state index in [-0.39, 0.29) is 5.75 Å². The van der Waals surface area contributed by atoms with Gasteiger partial charge in [0, 0.05) is 58.7 Å². The quantitative estimate of drug-likeness (QED) is 0.784. The predicted molar refractivity (Wildman–Crippen MR) is 78.8 cm³/mol. The normalized spacial score (nSPS) is 17.5. The SMILES string of the molecule is CN(Cc1cccnc1)S(=O)(=O)CCN1CCNCC1. The molecule has 6 nitrogen and oxygen atoms in total. The summed E-state index contributed by atoms with van der Waals surface area (Å²) >= 11 is 0. The molecule has 0 aromatic carbocycles. The molecule has 0 aliphatic carbocycles. The van der Waals surface area contributed by atoms with E-state index in [2.05, 4.69) is 15.2 Å². The zero-order chi connectivity index (χ0) is 14.4. The third-order valence-corrected chi connectivity index (χ3v) is 5.26. The van der Waals surface area contributed by atoms with Crippen LogP contribution in [-0.4, -0.2) is 68.1 Å². The van der Waals surface area contributed by atoms with Crippen molar-refractivity contribution in [2.24, 2.45) is 0 Å². The van der Waals surface area contributed by atoms with Crippen LogP contribution in [0.15, 0.2) is 24.5 Å². The van der Waals surface area contributed by atoms with Crippen molar-refractivity contribution in [3.8, 4) is 0 Å². The van der Waals surface area contributed by atoms with Gasteiger partial charge < -0.3 is 5.32 Å². The van der Waals surface area contributed by atoms with E-state index in [1.165, 1.54) is 4.31 Å². The van der Waals surface area contributed by atoms with Gasteiger partial charge in [-0.3, -0.25) is 9.88 Å². The molecule has 1 aromatic rings. The lowest BCUT2D eigenvalue weighted by Gasteiger charge is -2.27. The molecule has 1 saturated heterocycles. The molecule has 112 valence electrons. The molecule has 20 heavy (non-hydrogen) atoms. The zero-order valence-corrected chi connectivity index (χ0v) is 12.6. The van der Waals surface area contributed by atoms with Crippen molar-refractivity contribution in [3.05, 3.63) is 30.1 Å². The molecule has 0 unspecified atom stereocenters. The number of aromatic nitrogens is 1. The first kappa shape index (κ1) is 15.4. The Labute approximate surface area is 120 Å². The molecule has 7 heteroatoms. The van der Waals surface area contributed by atoms with Crippen LogP contribution in [0.4, 0.5) is 0 Å². The van der Waals surface area contributed by atoms with Crippen LogP contribution in [0.25, 0.3) is 0 Å². The van der Waals surface area contributed by atoms with E-state index in [0.717, 1.165) is 31.7 Å². The van der Waals surface area contributed by atoms with Gasteiger partial charge in [-0.25, -0.2) is 12.7 Å². The Morgan fingerprint density at radius 3 is 2.80 bits per heavy atom. The minimum absolute atomic E-state index is 0.170. The number of rotatable bonds is 6. The second kappa shape index (κ2) is 7.12. The van der Waals surface area contributed by atoms with E-state index < -0.39 is 10.0 Å². The highest BCUT2D eigenvalue weighted by Gasteiger charge is 2.20. The van der Waals surface area contributed by atoms with Crippen molar-refractivity contribution < 1.29 is 8.42 Å². The first-order chi connectivity index (χ1) is 9.58. The largest absolute Gasteiger partial charge is 0.314 e. The molecule has 1 aliphatic rings. The Bertz CT molecular complexity index is 500. The van der Waals surface area contributed by atoms with Crippen molar-refractivity contribution in [2.75, 3.05) is 45.5 Å². The van der Waals surface area contributed by atoms with E-state index in [1.54, 1.807) is 19.4 Å². The van der Waals surface area contributed by atoms with Crippen LogP contribution < -0.4 is 5.32 Å². The van der Waals surface area contributed by atoms with Crippen molar-refractivity contribution >= 4 is 10.0 Å². The molecule has 2 heterocycles. The molecule has 0 atom stereocenters. The summed E-state index contributed by atoms with van der Waals surface area (Å²) in [5, 5.41) is 3.26. The number of pyridine rings is 1. The molecule has 0 bridgehead atoms. The predicted octanol–water partition coefficient (Wildman–Crippen LogP) is -0.252. The topological polar surface area (TPSA) is 65.5 Å². The number of hydrogen-bond acceptors (Lipinski definition) is 5. The molecule has 0 spiro atoms. The second-order valence-corrected chi connectivity index (χ2v) is 7.22. The van der Waals surface area contributed by atoms with Gasteiger partial charge in [0.25, 0.3) is 0 Å². The highest BCUT2D eigenvalue weighted by atomic mass is 32.2. The summed E-state index contributed by atoms with van der Waals surface area (Å²) in [4.78, 5) is 6.19. The summed E-state index contributed by atoms with van der Waals surface area (Å²) in [6.07, 6.45) is 3.38. The Kier molecular flexibility index (Phi) is 5.47. The van der Waals surface area contributed by atoms with E-state index in [4.69, 9.17) is 0 Å². The standard InChI is InChI=1S/C13H22N4O2S/c1-16(12-13-3-2-4-15-11-13)20(18,19)10-9-17-7-5-14-6-8-17/h2-4,11,14H,5-10,12H2,1H3. The summed E-state index contributed by atoms with van der Waals surface area (Å²) in [5.74, 6) is 0.170. The van der Waals surface area contributed by atoms with Crippen LogP contribution in [-0.2, 0) is 16.6 Å². The highest BCUT2D eigenvalue weighted by Crippen LogP contribution is 2.07. The summed E-state index contributed by atoms with van der Waals surface area (Å²) in [6, 6.07) is 3.70. The molecule has 2 rings (SSSR count). The lowest BCUT2D eigenvalue weighted by molar-refractivity contribution is 0.252.